The van der Waals surface area contributed by atoms with Crippen LogP contribution in [0.2, 0.25) is 0 Å². The van der Waals surface area contributed by atoms with Gasteiger partial charge in [-0.2, -0.15) is 0 Å². The molecule has 2 aliphatic rings. The Balaban J connectivity index is 1.75. The normalized spacial score (nSPS) is 20.2. The molecule has 6 nitrogen and oxygen atoms in total. The smallest absolute Gasteiger partial charge is 0.267 e. The minimum Gasteiger partial charge on any atom is -0.382 e. The number of amides is 1. The van der Waals surface area contributed by atoms with Gasteiger partial charge in [-0.25, -0.2) is 4.98 Å². The highest BCUT2D eigenvalue weighted by atomic mass is 32.1. The van der Waals surface area contributed by atoms with Crippen LogP contribution in [-0.2, 0) is 0 Å². The van der Waals surface area contributed by atoms with Gasteiger partial charge in [-0.15, -0.1) is 0 Å². The molecule has 7 heteroatoms. The number of nitrogens with two attached hydrogens (primary N) is 2. The van der Waals surface area contributed by atoms with Crippen molar-refractivity contribution in [2.45, 2.75) is 37.8 Å². The van der Waals surface area contributed by atoms with E-state index in [1.165, 1.54) is 11.3 Å². The van der Waals surface area contributed by atoms with Crippen LogP contribution in [0, 0.1) is 0 Å². The van der Waals surface area contributed by atoms with Gasteiger partial charge < -0.3 is 21.3 Å². The van der Waals surface area contributed by atoms with Crippen LogP contribution in [-0.4, -0.2) is 48.0 Å². The molecule has 2 heterocycles. The zero-order chi connectivity index (χ0) is 14.3. The molecule has 0 unspecified atom stereocenters. The van der Waals surface area contributed by atoms with E-state index in [9.17, 15) is 4.79 Å². The maximum Gasteiger partial charge on any atom is 0.267 e. The van der Waals surface area contributed by atoms with Gasteiger partial charge in [-0.1, -0.05) is 11.3 Å². The van der Waals surface area contributed by atoms with Crippen molar-refractivity contribution in [2.75, 3.05) is 30.8 Å². The summed E-state index contributed by atoms with van der Waals surface area (Å²) in [4.78, 5) is 21.3. The Kier molecular flexibility index (Phi) is 3.55. The van der Waals surface area contributed by atoms with Crippen molar-refractivity contribution in [3.05, 3.63) is 4.88 Å². The highest BCUT2D eigenvalue weighted by Crippen LogP contribution is 2.33. The van der Waals surface area contributed by atoms with E-state index >= 15 is 0 Å². The van der Waals surface area contributed by atoms with Crippen LogP contribution in [0.5, 0.6) is 0 Å². The van der Waals surface area contributed by atoms with E-state index in [-0.39, 0.29) is 11.9 Å². The Morgan fingerprint density at radius 3 is 2.60 bits per heavy atom. The Morgan fingerprint density at radius 2 is 2.00 bits per heavy atom. The first-order valence-electron chi connectivity index (χ1n) is 7.10. The van der Waals surface area contributed by atoms with Gasteiger partial charge in [0.1, 0.15) is 10.7 Å². The lowest BCUT2D eigenvalue weighted by molar-refractivity contribution is 0.0790. The number of rotatable bonds is 3. The summed E-state index contributed by atoms with van der Waals surface area (Å²) in [5, 5.41) is 0.849. The molecular weight excluding hydrogens is 274 g/mol. The summed E-state index contributed by atoms with van der Waals surface area (Å²) in [6.07, 6.45) is 4.12. The lowest BCUT2D eigenvalue weighted by atomic mass is 10.1. The van der Waals surface area contributed by atoms with Gasteiger partial charge in [0.15, 0.2) is 5.13 Å². The molecule has 20 heavy (non-hydrogen) atoms. The number of nitrogen functional groups attached to an aromatic ring is 1. The molecule has 0 atom stereocenters. The second-order valence-corrected chi connectivity index (χ2v) is 6.66. The second-order valence-electron chi connectivity index (χ2n) is 5.68. The summed E-state index contributed by atoms with van der Waals surface area (Å²) < 4.78 is 0. The van der Waals surface area contributed by atoms with Gasteiger partial charge in [-0.05, 0) is 25.7 Å². The number of thiazole rings is 1. The van der Waals surface area contributed by atoms with Crippen molar-refractivity contribution >= 4 is 28.2 Å². The van der Waals surface area contributed by atoms with E-state index in [2.05, 4.69) is 9.88 Å². The third-order valence-corrected chi connectivity index (χ3v) is 5.18. The van der Waals surface area contributed by atoms with Gasteiger partial charge >= 0.3 is 0 Å². The van der Waals surface area contributed by atoms with Crippen LogP contribution in [0.3, 0.4) is 0 Å². The lowest BCUT2D eigenvalue weighted by Gasteiger charge is -2.29. The molecule has 0 bridgehead atoms. The SMILES string of the molecule is CN(C(=O)c1sc(N2CCC(N)CC2)nc1N)C1CC1. The van der Waals surface area contributed by atoms with E-state index < -0.39 is 0 Å². The molecule has 1 saturated heterocycles. The Labute approximate surface area is 122 Å². The molecule has 1 saturated carbocycles. The molecule has 4 N–H and O–H groups in total. The maximum atomic E-state index is 12.4. The molecular formula is C13H21N5OS. The number of carbonyl (C=O) groups excluding carboxylic acids is 1. The number of piperidine rings is 1. The van der Waals surface area contributed by atoms with Gasteiger partial charge in [0, 0.05) is 32.2 Å². The fourth-order valence-corrected chi connectivity index (χ4v) is 3.51. The Bertz CT molecular complexity index is 505. The second kappa shape index (κ2) is 5.21. The van der Waals surface area contributed by atoms with Crippen molar-refractivity contribution in [3.63, 3.8) is 0 Å². The number of anilines is 2. The summed E-state index contributed by atoms with van der Waals surface area (Å²) in [5.74, 6) is 0.361. The highest BCUT2D eigenvalue weighted by Gasteiger charge is 2.32. The molecule has 1 aliphatic carbocycles. The van der Waals surface area contributed by atoms with Crippen molar-refractivity contribution in [2.24, 2.45) is 5.73 Å². The predicted octanol–water partition coefficient (Wildman–Crippen LogP) is 0.887. The molecule has 1 aromatic heterocycles. The van der Waals surface area contributed by atoms with Gasteiger partial charge in [0.25, 0.3) is 5.91 Å². The molecule has 1 aromatic rings. The third kappa shape index (κ3) is 2.60. The lowest BCUT2D eigenvalue weighted by Crippen LogP contribution is -2.39. The Hall–Kier alpha value is -1.34. The zero-order valence-corrected chi connectivity index (χ0v) is 12.5. The van der Waals surface area contributed by atoms with Crippen molar-refractivity contribution in [1.29, 1.82) is 0 Å². The molecule has 0 spiro atoms. The summed E-state index contributed by atoms with van der Waals surface area (Å²) in [6, 6.07) is 0.672. The molecule has 110 valence electrons. The van der Waals surface area contributed by atoms with Crippen LogP contribution in [0.1, 0.15) is 35.4 Å². The number of aromatic nitrogens is 1. The highest BCUT2D eigenvalue weighted by molar-refractivity contribution is 7.18. The average molecular weight is 295 g/mol. The number of carbonyl (C=O) groups is 1. The first-order chi connectivity index (χ1) is 9.56. The predicted molar refractivity (Wildman–Crippen MR) is 81.1 cm³/mol. The van der Waals surface area contributed by atoms with E-state index in [4.69, 9.17) is 11.5 Å². The molecule has 0 radical (unpaired) electrons. The molecule has 0 aromatic carbocycles. The van der Waals surface area contributed by atoms with Crippen LogP contribution in [0.4, 0.5) is 10.9 Å². The van der Waals surface area contributed by atoms with Gasteiger partial charge in [-0.3, -0.25) is 4.79 Å². The van der Waals surface area contributed by atoms with E-state index in [1.807, 2.05) is 7.05 Å². The fourth-order valence-electron chi connectivity index (χ4n) is 2.49. The van der Waals surface area contributed by atoms with Crippen LogP contribution in [0.25, 0.3) is 0 Å². The first-order valence-corrected chi connectivity index (χ1v) is 7.92. The minimum absolute atomic E-state index is 0.00228. The standard InChI is InChI=1S/C13H21N5OS/c1-17(9-2-3-9)12(19)10-11(15)16-13(20-10)18-6-4-8(14)5-7-18/h8-9H,2-7,14-15H2,1H3. The van der Waals surface area contributed by atoms with Crippen LogP contribution >= 0.6 is 11.3 Å². The number of nitrogens with zero attached hydrogens (tertiary/aromatic N) is 3. The number of hydrogen-bond donors (Lipinski definition) is 2. The summed E-state index contributed by atoms with van der Waals surface area (Å²) >= 11 is 1.41. The van der Waals surface area contributed by atoms with Gasteiger partial charge in [0.05, 0.1) is 0 Å². The van der Waals surface area contributed by atoms with Crippen LogP contribution in [0.15, 0.2) is 0 Å². The molecule has 3 rings (SSSR count). The summed E-state index contributed by atoms with van der Waals surface area (Å²) in [5.41, 5.74) is 11.8. The average Bonchev–Trinajstić information content (AvgIpc) is 3.21. The van der Waals surface area contributed by atoms with E-state index in [0.717, 1.165) is 43.9 Å². The van der Waals surface area contributed by atoms with Crippen molar-refractivity contribution < 1.29 is 4.79 Å². The maximum absolute atomic E-state index is 12.4. The quantitative estimate of drug-likeness (QED) is 0.864. The van der Waals surface area contributed by atoms with Crippen molar-refractivity contribution in [3.8, 4) is 0 Å². The largest absolute Gasteiger partial charge is 0.382 e. The van der Waals surface area contributed by atoms with Gasteiger partial charge in [0.2, 0.25) is 0 Å². The van der Waals surface area contributed by atoms with Crippen LogP contribution < -0.4 is 16.4 Å². The van der Waals surface area contributed by atoms with Crippen molar-refractivity contribution in [1.82, 2.24) is 9.88 Å². The van der Waals surface area contributed by atoms with E-state index in [1.54, 1.807) is 4.90 Å². The van der Waals surface area contributed by atoms with E-state index in [0.29, 0.717) is 16.7 Å². The monoisotopic (exact) mass is 295 g/mol. The third-order valence-electron chi connectivity index (χ3n) is 4.06. The summed E-state index contributed by atoms with van der Waals surface area (Å²) in [6.45, 7) is 1.78. The molecule has 2 fully saturated rings. The minimum atomic E-state index is 0.00228. The zero-order valence-electron chi connectivity index (χ0n) is 11.7. The first kappa shape index (κ1) is 13.6. The fraction of sp³-hybridized carbons (Fsp3) is 0.692. The Morgan fingerprint density at radius 1 is 1.35 bits per heavy atom. The summed E-state index contributed by atoms with van der Waals surface area (Å²) in [7, 11) is 1.85. The number of hydrogen-bond acceptors (Lipinski definition) is 6. The molecule has 1 aliphatic heterocycles. The topological polar surface area (TPSA) is 88.5 Å². The molecule has 1 amide bonds.